The highest BCUT2D eigenvalue weighted by Crippen LogP contribution is 2.34. The van der Waals surface area contributed by atoms with E-state index in [0.717, 1.165) is 6.42 Å². The fourth-order valence-corrected chi connectivity index (χ4v) is 11.2. The summed E-state index contributed by atoms with van der Waals surface area (Å²) in [7, 11) is 0. The fourth-order valence-electron chi connectivity index (χ4n) is 11.2. The van der Waals surface area contributed by atoms with Gasteiger partial charge in [-0.2, -0.15) is 0 Å². The number of aliphatic hydroxyl groups excluding tert-OH is 20. The van der Waals surface area contributed by atoms with E-state index in [4.69, 9.17) is 72.0 Å². The van der Waals surface area contributed by atoms with Crippen molar-refractivity contribution in [1.82, 2.24) is 21.5 Å². The number of nitrogens with one attached hydrogen (secondary N) is 4. The molecule has 0 spiro atoms. The Morgan fingerprint density at radius 1 is 0.404 bits per heavy atom. The number of carbonyl (C=O) groups is 5. The molecule has 0 aliphatic carbocycles. The standard InChI is InChI=1S/C32H58N4O20.C28H49NO19/c1-14(39)15(5-2-3-7-33)35-36-19(40)6-4-9-51-32(49)34-8-10-50-30-27(48)28(56-31-26(47)24(45)21(42)17(12-38)54-31)22(43)18(55-30)13-52-29-25(46)23(44)20(41)16(11-37)53-29;1-2-29-15(32)5-3-7-42-16(33)6-4-8-43-27-24(41)25(48-28-23(40)21(38)18(35)13(10-31)46-28)19(36)14(47-27)11-44-26-22(39)20(37)17(34)12(9-30)45-26/h15-18,20-31,35,37-38,41-48H,2-13,33H2,1H3,(H,34,49)(H,36,40);12-14,17-28,30-31,34-41H,2-11H2,1H3,(H,29,32)/t15-,16+,17+,18+,20+,21+,22+,23-,24-,25-,26-,27-,28-,29-,30+,31+;12-,13-,14-,17-,18-,19-,20+,21+,22+,23+,24+,25+,26+,27-,28-/m01/s1. The predicted molar refractivity (Wildman–Crippen MR) is 335 cm³/mol. The molecule has 26 N–H and O–H groups in total. The minimum atomic E-state index is -1.92. The number of Topliss-reactive ketones (excluding diaryl/α,β-unsaturated/α-hetero) is 1. The largest absolute Gasteiger partial charge is 0.466 e. The van der Waals surface area contributed by atoms with Gasteiger partial charge >= 0.3 is 12.1 Å². The summed E-state index contributed by atoms with van der Waals surface area (Å²) in [4.78, 5) is 59.7. The number of ketones is 1. The van der Waals surface area contributed by atoms with Gasteiger partial charge in [0.15, 0.2) is 37.7 Å². The molecule has 3 amide bonds. The maximum absolute atomic E-state index is 12.2. The van der Waals surface area contributed by atoms with Crippen LogP contribution in [0.3, 0.4) is 0 Å². The summed E-state index contributed by atoms with van der Waals surface area (Å²) in [6.45, 7) is -0.992. The molecule has 44 heteroatoms. The Labute approximate surface area is 595 Å². The number of nitrogens with two attached hydrogens (primary N) is 1. The second kappa shape index (κ2) is 45.8. The van der Waals surface area contributed by atoms with E-state index in [2.05, 4.69) is 21.5 Å². The summed E-state index contributed by atoms with van der Waals surface area (Å²) in [6, 6.07) is -0.559. The van der Waals surface area contributed by atoms with Gasteiger partial charge in [0.05, 0.1) is 72.1 Å². The van der Waals surface area contributed by atoms with Crippen LogP contribution in [-0.4, -0.2) is 408 Å². The number of alkyl carbamates (subject to hydrolysis) is 1. The molecule has 0 radical (unpaired) electrons. The quantitative estimate of drug-likeness (QED) is 0.0154. The molecule has 606 valence electrons. The van der Waals surface area contributed by atoms with Gasteiger partial charge in [-0.1, -0.05) is 6.42 Å². The molecule has 6 rings (SSSR count). The highest BCUT2D eigenvalue weighted by atomic mass is 16.8. The zero-order valence-electron chi connectivity index (χ0n) is 57.2. The maximum atomic E-state index is 12.2. The SMILES string of the molecule is CC(=O)[C@H](CCCCN)NNC(=O)CCCOC(=O)NCCO[C@@H]1O[C@H](CO[C@H]2O[C@H](CO)[C@@H](O)[C@H](O)[C@@H]2O)[C@@H](O)[C@H](O[C@H]2O[C@H](CO)[C@@H](O)[C@H](O)[C@@H]2O)[C@@H]1O.CCNC(=O)CCCOC(=O)CCCO[C@@H]1O[C@H](CO[C@H]2O[C@H](CO)[C@@H](O)[C@H](O)[C@@H]2O)[C@@H](O)[C@H](O[C@H]2O[C@H](CO)[C@@H](O)[C@H](O)[C@@H]2O)[C@@H]1O. The molecular weight excluding hydrogens is 1410 g/mol. The Morgan fingerprint density at radius 2 is 0.788 bits per heavy atom. The van der Waals surface area contributed by atoms with Crippen molar-refractivity contribution in [3.05, 3.63) is 0 Å². The highest BCUT2D eigenvalue weighted by molar-refractivity contribution is 5.82. The third-order valence-corrected chi connectivity index (χ3v) is 17.4. The van der Waals surface area contributed by atoms with Crippen LogP contribution in [0.15, 0.2) is 0 Å². The first kappa shape index (κ1) is 90.6. The van der Waals surface area contributed by atoms with Gasteiger partial charge in [-0.05, 0) is 52.5 Å². The van der Waals surface area contributed by atoms with E-state index < -0.39 is 248 Å². The molecule has 0 aromatic heterocycles. The van der Waals surface area contributed by atoms with E-state index in [1.54, 1.807) is 6.92 Å². The number of aliphatic hydroxyl groups is 20. The molecule has 44 nitrogen and oxygen atoms in total. The molecule has 6 fully saturated rings. The molecule has 31 atom stereocenters. The summed E-state index contributed by atoms with van der Waals surface area (Å²) in [6.07, 6.45) is -48.7. The van der Waals surface area contributed by atoms with Gasteiger partial charge in [0.25, 0.3) is 0 Å². The van der Waals surface area contributed by atoms with Crippen molar-refractivity contribution in [1.29, 1.82) is 0 Å². The lowest BCUT2D eigenvalue weighted by molar-refractivity contribution is -0.366. The van der Waals surface area contributed by atoms with Crippen molar-refractivity contribution in [2.45, 2.75) is 262 Å². The van der Waals surface area contributed by atoms with Crippen LogP contribution in [-0.2, 0) is 85.5 Å². The first-order valence-electron chi connectivity index (χ1n) is 34.1. The van der Waals surface area contributed by atoms with Crippen molar-refractivity contribution < 1.29 is 192 Å². The number of rotatable bonds is 39. The zero-order valence-corrected chi connectivity index (χ0v) is 57.2. The normalized spacial score (nSPS) is 38.4. The summed E-state index contributed by atoms with van der Waals surface area (Å²) in [5.41, 5.74) is 10.6. The number of hydrazine groups is 1. The zero-order chi connectivity index (χ0) is 77.1. The van der Waals surface area contributed by atoms with Gasteiger partial charge in [0.1, 0.15) is 152 Å². The number of amides is 3. The number of esters is 1. The van der Waals surface area contributed by atoms with Crippen LogP contribution in [0, 0.1) is 0 Å². The van der Waals surface area contributed by atoms with E-state index in [0.29, 0.717) is 32.4 Å². The third kappa shape index (κ3) is 26.4. The van der Waals surface area contributed by atoms with E-state index in [-0.39, 0.29) is 76.8 Å². The monoisotopic (exact) mass is 1520 g/mol. The molecule has 0 bridgehead atoms. The molecular formula is C60H107N5O39. The van der Waals surface area contributed by atoms with Crippen molar-refractivity contribution >= 4 is 29.7 Å². The molecule has 0 unspecified atom stereocenters. The summed E-state index contributed by atoms with van der Waals surface area (Å²) < 4.78 is 76.2. The Hall–Kier alpha value is -4.01. The molecule has 0 aromatic rings. The minimum Gasteiger partial charge on any atom is -0.466 e. The van der Waals surface area contributed by atoms with Crippen LogP contribution in [0.4, 0.5) is 4.79 Å². The van der Waals surface area contributed by atoms with Crippen molar-refractivity contribution in [3.8, 4) is 0 Å². The molecule has 104 heavy (non-hydrogen) atoms. The lowest BCUT2D eigenvalue weighted by atomic mass is 9.96. The molecule has 0 aromatic carbocycles. The number of carbonyl (C=O) groups excluding carboxylic acids is 5. The Kier molecular flexibility index (Phi) is 39.9. The second-order valence-corrected chi connectivity index (χ2v) is 25.1. The van der Waals surface area contributed by atoms with Crippen molar-refractivity contribution in [2.75, 3.05) is 85.7 Å². The van der Waals surface area contributed by atoms with Crippen molar-refractivity contribution in [3.63, 3.8) is 0 Å². The maximum Gasteiger partial charge on any atom is 0.407 e. The smallest absolute Gasteiger partial charge is 0.407 e. The van der Waals surface area contributed by atoms with Gasteiger partial charge in [0, 0.05) is 32.4 Å². The van der Waals surface area contributed by atoms with Crippen LogP contribution in [0.1, 0.15) is 71.6 Å². The highest BCUT2D eigenvalue weighted by Gasteiger charge is 2.55. The van der Waals surface area contributed by atoms with Crippen LogP contribution in [0.5, 0.6) is 0 Å². The molecule has 6 heterocycles. The topological polar surface area (TPSA) is 693 Å². The number of unbranched alkanes of at least 4 members (excludes halogenated alkanes) is 1. The molecule has 6 aliphatic heterocycles. The van der Waals surface area contributed by atoms with E-state index in [1.165, 1.54) is 6.92 Å². The van der Waals surface area contributed by atoms with Crippen molar-refractivity contribution in [2.24, 2.45) is 5.73 Å². The van der Waals surface area contributed by atoms with E-state index in [9.17, 15) is 126 Å². The van der Waals surface area contributed by atoms with Gasteiger partial charge in [-0.3, -0.25) is 24.6 Å². The first-order chi connectivity index (χ1) is 49.5. The van der Waals surface area contributed by atoms with Gasteiger partial charge in [-0.15, -0.1) is 0 Å². The lowest BCUT2D eigenvalue weighted by Gasteiger charge is -2.46. The third-order valence-electron chi connectivity index (χ3n) is 17.4. The minimum absolute atomic E-state index is 0.0206. The van der Waals surface area contributed by atoms with Gasteiger partial charge in [0.2, 0.25) is 11.8 Å². The number of hydrogen-bond acceptors (Lipinski definition) is 41. The second-order valence-electron chi connectivity index (χ2n) is 25.1. The van der Waals surface area contributed by atoms with Gasteiger partial charge in [-0.25, -0.2) is 10.2 Å². The number of hydrogen-bond donors (Lipinski definition) is 25. The van der Waals surface area contributed by atoms with Crippen LogP contribution in [0.2, 0.25) is 0 Å². The fraction of sp³-hybridized carbons (Fsp3) is 0.917. The molecule has 6 aliphatic rings. The Balaban J connectivity index is 0.000000378. The Morgan fingerprint density at radius 3 is 1.21 bits per heavy atom. The van der Waals surface area contributed by atoms with E-state index >= 15 is 0 Å². The number of ether oxygens (including phenoxy) is 14. The predicted octanol–water partition coefficient (Wildman–Crippen LogP) is -13.6. The average molecular weight is 1520 g/mol. The van der Waals surface area contributed by atoms with Crippen LogP contribution >= 0.6 is 0 Å². The first-order valence-corrected chi connectivity index (χ1v) is 34.1. The van der Waals surface area contributed by atoms with E-state index in [1.807, 2.05) is 0 Å². The lowest BCUT2D eigenvalue weighted by Crippen LogP contribution is -2.65. The summed E-state index contributed by atoms with van der Waals surface area (Å²) in [5, 5.41) is 210. The van der Waals surface area contributed by atoms with Gasteiger partial charge < -0.3 is 185 Å². The van der Waals surface area contributed by atoms with Crippen LogP contribution < -0.4 is 27.2 Å². The Bertz CT molecular complexity index is 2490. The average Bonchev–Trinajstić information content (AvgIpc) is 0.794. The summed E-state index contributed by atoms with van der Waals surface area (Å²) in [5.74, 6) is -1.29. The van der Waals surface area contributed by atoms with Crippen LogP contribution in [0.25, 0.3) is 0 Å². The molecule has 0 saturated carbocycles. The summed E-state index contributed by atoms with van der Waals surface area (Å²) >= 11 is 0. The molecule has 6 saturated heterocycles.